The highest BCUT2D eigenvalue weighted by molar-refractivity contribution is 6.30. The Labute approximate surface area is 132 Å². The maximum Gasteiger partial charge on any atom is 0.0426 e. The van der Waals surface area contributed by atoms with Crippen LogP contribution in [0.25, 0.3) is 0 Å². The van der Waals surface area contributed by atoms with Crippen molar-refractivity contribution in [3.8, 4) is 0 Å². The standard InChI is InChI=1S/C18H23ClN2/c19-17-2-1-3-18(12-17)21-8-6-20(7-9-21)13-16-11-14-4-5-15(16)10-14/h1-5,12,14-16H,6-11,13H2/t14-,15-,16-/m0/s1. The minimum atomic E-state index is 0.837. The number of fused-ring (bicyclic) bond motifs is 2. The lowest BCUT2D eigenvalue weighted by atomic mass is 9.93. The molecule has 0 amide bonds. The second-order valence-corrected chi connectivity index (χ2v) is 7.24. The van der Waals surface area contributed by atoms with Crippen LogP contribution in [0.3, 0.4) is 0 Å². The van der Waals surface area contributed by atoms with E-state index in [1.54, 1.807) is 0 Å². The zero-order chi connectivity index (χ0) is 14.2. The predicted molar refractivity (Wildman–Crippen MR) is 88.9 cm³/mol. The quantitative estimate of drug-likeness (QED) is 0.786. The van der Waals surface area contributed by atoms with Gasteiger partial charge in [0.25, 0.3) is 0 Å². The first-order valence-electron chi connectivity index (χ1n) is 8.19. The Kier molecular flexibility index (Phi) is 3.68. The summed E-state index contributed by atoms with van der Waals surface area (Å²) in [5.41, 5.74) is 1.27. The zero-order valence-electron chi connectivity index (χ0n) is 12.4. The number of allylic oxidation sites excluding steroid dienone is 2. The van der Waals surface area contributed by atoms with E-state index in [4.69, 9.17) is 11.6 Å². The summed E-state index contributed by atoms with van der Waals surface area (Å²) in [7, 11) is 0. The van der Waals surface area contributed by atoms with Crippen molar-refractivity contribution in [2.24, 2.45) is 17.8 Å². The molecule has 3 aliphatic rings. The highest BCUT2D eigenvalue weighted by atomic mass is 35.5. The van der Waals surface area contributed by atoms with Gasteiger partial charge in [0.1, 0.15) is 0 Å². The molecule has 2 fully saturated rings. The van der Waals surface area contributed by atoms with Crippen LogP contribution in [0.4, 0.5) is 5.69 Å². The van der Waals surface area contributed by atoms with Gasteiger partial charge >= 0.3 is 0 Å². The minimum absolute atomic E-state index is 0.837. The van der Waals surface area contributed by atoms with E-state index in [0.717, 1.165) is 35.9 Å². The molecule has 1 saturated carbocycles. The summed E-state index contributed by atoms with van der Waals surface area (Å²) in [6, 6.07) is 8.25. The monoisotopic (exact) mass is 302 g/mol. The summed E-state index contributed by atoms with van der Waals surface area (Å²) in [6.45, 7) is 5.91. The van der Waals surface area contributed by atoms with Crippen molar-refractivity contribution in [2.75, 3.05) is 37.6 Å². The number of nitrogens with zero attached hydrogens (tertiary/aromatic N) is 2. The molecule has 1 aliphatic heterocycles. The average Bonchev–Trinajstić information content (AvgIpc) is 3.11. The molecule has 1 heterocycles. The molecule has 1 saturated heterocycles. The number of rotatable bonds is 3. The number of hydrogen-bond acceptors (Lipinski definition) is 2. The van der Waals surface area contributed by atoms with E-state index in [2.05, 4.69) is 34.1 Å². The highest BCUT2D eigenvalue weighted by Gasteiger charge is 2.36. The Morgan fingerprint density at radius 1 is 1.05 bits per heavy atom. The van der Waals surface area contributed by atoms with Crippen molar-refractivity contribution in [2.45, 2.75) is 12.8 Å². The topological polar surface area (TPSA) is 6.48 Å². The first-order valence-corrected chi connectivity index (χ1v) is 8.57. The van der Waals surface area contributed by atoms with E-state index in [-0.39, 0.29) is 0 Å². The van der Waals surface area contributed by atoms with Crippen molar-refractivity contribution >= 4 is 17.3 Å². The fraction of sp³-hybridized carbons (Fsp3) is 0.556. The molecule has 0 N–H and O–H groups in total. The molecule has 0 radical (unpaired) electrons. The van der Waals surface area contributed by atoms with Crippen molar-refractivity contribution in [3.05, 3.63) is 41.4 Å². The van der Waals surface area contributed by atoms with E-state index in [1.807, 2.05) is 12.1 Å². The SMILES string of the molecule is Clc1cccc(N2CCN(C[C@@H]3C[C@H]4C=C[C@H]3C4)CC2)c1. The summed E-state index contributed by atoms with van der Waals surface area (Å²) in [6.07, 6.45) is 7.77. The molecular weight excluding hydrogens is 280 g/mol. The smallest absolute Gasteiger partial charge is 0.0426 e. The van der Waals surface area contributed by atoms with Gasteiger partial charge in [0.15, 0.2) is 0 Å². The van der Waals surface area contributed by atoms with Crippen LogP contribution in [0.2, 0.25) is 5.02 Å². The number of halogens is 1. The van der Waals surface area contributed by atoms with E-state index in [1.165, 1.54) is 38.2 Å². The molecule has 2 aliphatic carbocycles. The van der Waals surface area contributed by atoms with Crippen molar-refractivity contribution in [1.82, 2.24) is 4.90 Å². The lowest BCUT2D eigenvalue weighted by Crippen LogP contribution is -2.48. The molecule has 4 rings (SSSR count). The third kappa shape index (κ3) is 2.84. The van der Waals surface area contributed by atoms with Crippen LogP contribution in [0.5, 0.6) is 0 Å². The maximum atomic E-state index is 6.10. The van der Waals surface area contributed by atoms with Crippen LogP contribution >= 0.6 is 11.6 Å². The summed E-state index contributed by atoms with van der Waals surface area (Å²) in [5.74, 6) is 2.69. The third-order valence-electron chi connectivity index (χ3n) is 5.45. The highest BCUT2D eigenvalue weighted by Crippen LogP contribution is 2.43. The van der Waals surface area contributed by atoms with Gasteiger partial charge in [-0.15, -0.1) is 0 Å². The van der Waals surface area contributed by atoms with E-state index < -0.39 is 0 Å². The molecule has 3 atom stereocenters. The lowest BCUT2D eigenvalue weighted by Gasteiger charge is -2.38. The first kappa shape index (κ1) is 13.7. The average molecular weight is 303 g/mol. The molecule has 2 bridgehead atoms. The van der Waals surface area contributed by atoms with Gasteiger partial charge in [-0.05, 0) is 48.8 Å². The maximum absolute atomic E-state index is 6.10. The molecule has 112 valence electrons. The molecule has 3 heteroatoms. The van der Waals surface area contributed by atoms with Crippen molar-refractivity contribution in [3.63, 3.8) is 0 Å². The van der Waals surface area contributed by atoms with Crippen LogP contribution in [0, 0.1) is 17.8 Å². The molecule has 21 heavy (non-hydrogen) atoms. The lowest BCUT2D eigenvalue weighted by molar-refractivity contribution is 0.204. The Bertz CT molecular complexity index is 534. The molecule has 1 aromatic rings. The van der Waals surface area contributed by atoms with Crippen LogP contribution < -0.4 is 4.90 Å². The van der Waals surface area contributed by atoms with Gasteiger partial charge in [-0.25, -0.2) is 0 Å². The Morgan fingerprint density at radius 3 is 2.57 bits per heavy atom. The molecule has 2 nitrogen and oxygen atoms in total. The van der Waals surface area contributed by atoms with Gasteiger partial charge in [0, 0.05) is 43.4 Å². The van der Waals surface area contributed by atoms with Gasteiger partial charge in [0.05, 0.1) is 0 Å². The minimum Gasteiger partial charge on any atom is -0.369 e. The van der Waals surface area contributed by atoms with E-state index in [9.17, 15) is 0 Å². The number of piperazine rings is 1. The molecule has 0 unspecified atom stereocenters. The zero-order valence-corrected chi connectivity index (χ0v) is 13.2. The number of benzene rings is 1. The van der Waals surface area contributed by atoms with Gasteiger partial charge < -0.3 is 4.90 Å². The Morgan fingerprint density at radius 2 is 1.90 bits per heavy atom. The van der Waals surface area contributed by atoms with Crippen molar-refractivity contribution in [1.29, 1.82) is 0 Å². The first-order chi connectivity index (χ1) is 10.3. The van der Waals surface area contributed by atoms with Crippen LogP contribution in [0.15, 0.2) is 36.4 Å². The second kappa shape index (κ2) is 5.66. The van der Waals surface area contributed by atoms with Gasteiger partial charge in [-0.1, -0.05) is 29.8 Å². The third-order valence-corrected chi connectivity index (χ3v) is 5.69. The van der Waals surface area contributed by atoms with E-state index >= 15 is 0 Å². The van der Waals surface area contributed by atoms with Gasteiger partial charge in [-0.3, -0.25) is 4.90 Å². The summed E-state index contributed by atoms with van der Waals surface area (Å²) < 4.78 is 0. The molecule has 0 aromatic heterocycles. The fourth-order valence-electron chi connectivity index (χ4n) is 4.30. The summed E-state index contributed by atoms with van der Waals surface area (Å²) in [4.78, 5) is 5.13. The second-order valence-electron chi connectivity index (χ2n) is 6.81. The molecule has 0 spiro atoms. The Hall–Kier alpha value is -0.990. The van der Waals surface area contributed by atoms with Crippen LogP contribution in [-0.4, -0.2) is 37.6 Å². The van der Waals surface area contributed by atoms with Gasteiger partial charge in [-0.2, -0.15) is 0 Å². The molecule has 1 aromatic carbocycles. The number of anilines is 1. The largest absolute Gasteiger partial charge is 0.369 e. The normalized spacial score (nSPS) is 32.0. The molecular formula is C18H23ClN2. The number of hydrogen-bond donors (Lipinski definition) is 0. The van der Waals surface area contributed by atoms with Crippen LogP contribution in [-0.2, 0) is 0 Å². The van der Waals surface area contributed by atoms with Crippen molar-refractivity contribution < 1.29 is 0 Å². The van der Waals surface area contributed by atoms with E-state index in [0.29, 0.717) is 0 Å². The summed E-state index contributed by atoms with van der Waals surface area (Å²) >= 11 is 6.10. The predicted octanol–water partition coefficient (Wildman–Crippen LogP) is 3.67. The van der Waals surface area contributed by atoms with Crippen LogP contribution in [0.1, 0.15) is 12.8 Å². The Balaban J connectivity index is 1.32. The summed E-state index contributed by atoms with van der Waals surface area (Å²) in [5, 5.41) is 0.837. The fourth-order valence-corrected chi connectivity index (χ4v) is 4.48. The van der Waals surface area contributed by atoms with Gasteiger partial charge in [0.2, 0.25) is 0 Å².